The van der Waals surface area contributed by atoms with Gasteiger partial charge in [-0.1, -0.05) is 19.9 Å². The summed E-state index contributed by atoms with van der Waals surface area (Å²) in [5.41, 5.74) is 1.34. The van der Waals surface area contributed by atoms with Crippen molar-refractivity contribution < 1.29 is 8.42 Å². The Kier molecular flexibility index (Phi) is 4.77. The molecule has 0 unspecified atom stereocenters. The summed E-state index contributed by atoms with van der Waals surface area (Å²) in [6.07, 6.45) is 2.03. The quantitative estimate of drug-likeness (QED) is 0.727. The molecule has 0 aliphatic rings. The summed E-state index contributed by atoms with van der Waals surface area (Å²) in [6, 6.07) is 7.44. The van der Waals surface area contributed by atoms with Crippen molar-refractivity contribution in [1.82, 2.24) is 0 Å². The predicted octanol–water partition coefficient (Wildman–Crippen LogP) is 1.90. The first-order chi connectivity index (χ1) is 7.94. The second-order valence-corrected chi connectivity index (χ2v) is 5.18. The molecule has 1 rings (SSSR count). The van der Waals surface area contributed by atoms with Crippen LogP contribution in [0.3, 0.4) is 0 Å². The van der Waals surface area contributed by atoms with E-state index in [1.54, 1.807) is 18.2 Å². The third-order valence-electron chi connectivity index (χ3n) is 2.48. The van der Waals surface area contributed by atoms with E-state index >= 15 is 0 Å². The molecule has 0 heterocycles. The van der Waals surface area contributed by atoms with Gasteiger partial charge in [-0.05, 0) is 31.0 Å². The minimum atomic E-state index is -3.71. The van der Waals surface area contributed by atoms with Gasteiger partial charge in [0.1, 0.15) is 0 Å². The van der Waals surface area contributed by atoms with Gasteiger partial charge in [-0.25, -0.2) is 5.14 Å². The molecule has 0 fully saturated rings. The van der Waals surface area contributed by atoms with Gasteiger partial charge in [0.2, 0.25) is 0 Å². The number of hydrogen-bond donors (Lipinski definition) is 3. The van der Waals surface area contributed by atoms with Crippen molar-refractivity contribution in [1.29, 1.82) is 0 Å². The topological polar surface area (TPSA) is 84.2 Å². The van der Waals surface area contributed by atoms with Gasteiger partial charge in [-0.2, -0.15) is 8.42 Å². The maximum absolute atomic E-state index is 10.9. The van der Waals surface area contributed by atoms with Crippen molar-refractivity contribution in [3.05, 3.63) is 24.3 Å². The molecule has 0 radical (unpaired) electrons. The third kappa shape index (κ3) is 5.06. The average molecular weight is 257 g/mol. The Balaban J connectivity index is 2.79. The molecule has 0 bridgehead atoms. The molecule has 0 spiro atoms. The second-order valence-electron chi connectivity index (χ2n) is 3.89. The monoisotopic (exact) mass is 257 g/mol. The van der Waals surface area contributed by atoms with Crippen molar-refractivity contribution in [3.63, 3.8) is 0 Å². The van der Waals surface area contributed by atoms with E-state index in [2.05, 4.69) is 23.9 Å². The highest BCUT2D eigenvalue weighted by molar-refractivity contribution is 7.90. The largest absolute Gasteiger partial charge is 0.382 e. The SMILES string of the molecule is CCC(CC)Nc1cccc(NS(N)(=O)=O)c1. The van der Waals surface area contributed by atoms with Crippen molar-refractivity contribution >= 4 is 21.6 Å². The van der Waals surface area contributed by atoms with E-state index in [0.29, 0.717) is 11.7 Å². The van der Waals surface area contributed by atoms with E-state index < -0.39 is 10.2 Å². The lowest BCUT2D eigenvalue weighted by molar-refractivity contribution is 0.603. The zero-order valence-electron chi connectivity index (χ0n) is 10.1. The highest BCUT2D eigenvalue weighted by Gasteiger charge is 2.05. The maximum Gasteiger partial charge on any atom is 0.296 e. The molecule has 4 N–H and O–H groups in total. The van der Waals surface area contributed by atoms with Crippen LogP contribution < -0.4 is 15.2 Å². The summed E-state index contributed by atoms with van der Waals surface area (Å²) in [6.45, 7) is 4.21. The van der Waals surface area contributed by atoms with Crippen molar-refractivity contribution in [2.45, 2.75) is 32.7 Å². The molecular weight excluding hydrogens is 238 g/mol. The first kappa shape index (κ1) is 13.8. The van der Waals surface area contributed by atoms with Crippen LogP contribution in [0.5, 0.6) is 0 Å². The van der Waals surface area contributed by atoms with E-state index in [4.69, 9.17) is 5.14 Å². The number of anilines is 2. The first-order valence-electron chi connectivity index (χ1n) is 5.61. The highest BCUT2D eigenvalue weighted by atomic mass is 32.2. The van der Waals surface area contributed by atoms with Crippen molar-refractivity contribution in [3.8, 4) is 0 Å². The Morgan fingerprint density at radius 1 is 1.24 bits per heavy atom. The van der Waals surface area contributed by atoms with Crippen molar-refractivity contribution in [2.24, 2.45) is 5.14 Å². The fourth-order valence-corrected chi connectivity index (χ4v) is 2.02. The van der Waals surface area contributed by atoms with Crippen LogP contribution in [0.15, 0.2) is 24.3 Å². The maximum atomic E-state index is 10.9. The lowest BCUT2D eigenvalue weighted by Gasteiger charge is -2.16. The van der Waals surface area contributed by atoms with E-state index in [0.717, 1.165) is 18.5 Å². The van der Waals surface area contributed by atoms with E-state index in [-0.39, 0.29) is 0 Å². The normalized spacial score (nSPS) is 11.5. The number of benzene rings is 1. The molecule has 0 aliphatic heterocycles. The Labute approximate surface area is 103 Å². The van der Waals surface area contributed by atoms with Crippen LogP contribution in [0.2, 0.25) is 0 Å². The summed E-state index contributed by atoms with van der Waals surface area (Å²) in [7, 11) is -3.71. The van der Waals surface area contributed by atoms with Gasteiger partial charge in [0.15, 0.2) is 0 Å². The number of nitrogens with one attached hydrogen (secondary N) is 2. The molecule has 0 amide bonds. The van der Waals surface area contributed by atoms with Gasteiger partial charge in [0.25, 0.3) is 10.2 Å². The zero-order valence-corrected chi connectivity index (χ0v) is 10.9. The number of nitrogens with two attached hydrogens (primary N) is 1. The molecule has 5 nitrogen and oxygen atoms in total. The standard InChI is InChI=1S/C11H19N3O2S/c1-3-9(4-2)13-10-6-5-7-11(8-10)14-17(12,15)16/h5-9,13-14H,3-4H2,1-2H3,(H2,12,15,16). The second kappa shape index (κ2) is 5.88. The molecule has 0 saturated heterocycles. The van der Waals surface area contributed by atoms with Crippen LogP contribution in [-0.4, -0.2) is 14.5 Å². The molecule has 0 atom stereocenters. The number of rotatable bonds is 6. The highest BCUT2D eigenvalue weighted by Crippen LogP contribution is 2.17. The van der Waals surface area contributed by atoms with Crippen LogP contribution in [0, 0.1) is 0 Å². The zero-order chi connectivity index (χ0) is 12.9. The summed E-state index contributed by atoms with van der Waals surface area (Å²) in [5.74, 6) is 0. The van der Waals surface area contributed by atoms with E-state index in [9.17, 15) is 8.42 Å². The fourth-order valence-electron chi connectivity index (χ4n) is 1.57. The molecule has 1 aromatic carbocycles. The predicted molar refractivity (Wildman–Crippen MR) is 71.2 cm³/mol. The van der Waals surface area contributed by atoms with E-state index in [1.165, 1.54) is 0 Å². The Morgan fingerprint density at radius 2 is 1.82 bits per heavy atom. The van der Waals surface area contributed by atoms with Gasteiger partial charge in [0.05, 0.1) is 5.69 Å². The van der Waals surface area contributed by atoms with Crippen LogP contribution in [0.25, 0.3) is 0 Å². The van der Waals surface area contributed by atoms with Gasteiger partial charge in [-0.15, -0.1) is 0 Å². The first-order valence-corrected chi connectivity index (χ1v) is 7.16. The molecule has 96 valence electrons. The van der Waals surface area contributed by atoms with Gasteiger partial charge < -0.3 is 5.32 Å². The summed E-state index contributed by atoms with van der Waals surface area (Å²) < 4.78 is 24.0. The lowest BCUT2D eigenvalue weighted by atomic mass is 10.1. The third-order valence-corrected chi connectivity index (χ3v) is 3.00. The molecule has 0 saturated carbocycles. The van der Waals surface area contributed by atoms with Crippen LogP contribution in [0.4, 0.5) is 11.4 Å². The van der Waals surface area contributed by atoms with Crippen molar-refractivity contribution in [2.75, 3.05) is 10.0 Å². The fraction of sp³-hybridized carbons (Fsp3) is 0.455. The smallest absolute Gasteiger partial charge is 0.296 e. The minimum absolute atomic E-state index is 0.389. The Morgan fingerprint density at radius 3 is 2.35 bits per heavy atom. The van der Waals surface area contributed by atoms with E-state index in [1.807, 2.05) is 6.07 Å². The van der Waals surface area contributed by atoms with Crippen LogP contribution in [-0.2, 0) is 10.2 Å². The number of hydrogen-bond acceptors (Lipinski definition) is 3. The minimum Gasteiger partial charge on any atom is -0.382 e. The summed E-state index contributed by atoms with van der Waals surface area (Å²) in [4.78, 5) is 0. The molecule has 6 heteroatoms. The molecule has 17 heavy (non-hydrogen) atoms. The molecule has 1 aromatic rings. The van der Waals surface area contributed by atoms with Gasteiger partial charge >= 0.3 is 0 Å². The van der Waals surface area contributed by atoms with Gasteiger partial charge in [0, 0.05) is 11.7 Å². The van der Waals surface area contributed by atoms with Crippen LogP contribution in [0.1, 0.15) is 26.7 Å². The molecular formula is C11H19N3O2S. The Bertz CT molecular complexity index is 456. The molecule has 0 aromatic heterocycles. The Hall–Kier alpha value is -1.27. The summed E-state index contributed by atoms with van der Waals surface area (Å²) in [5, 5.41) is 8.24. The average Bonchev–Trinajstić information content (AvgIpc) is 2.24. The lowest BCUT2D eigenvalue weighted by Crippen LogP contribution is -2.22. The summed E-state index contributed by atoms with van der Waals surface area (Å²) >= 11 is 0. The van der Waals surface area contributed by atoms with Crippen LogP contribution >= 0.6 is 0 Å². The van der Waals surface area contributed by atoms with Gasteiger partial charge in [-0.3, -0.25) is 4.72 Å². The molecule has 0 aliphatic carbocycles.